The van der Waals surface area contributed by atoms with E-state index in [0.29, 0.717) is 23.0 Å². The van der Waals surface area contributed by atoms with Crippen molar-refractivity contribution >= 4 is 39.3 Å². The molecular weight excluding hydrogens is 572 g/mol. The first-order valence-electron chi connectivity index (χ1n) is 13.0. The molecule has 0 spiro atoms. The smallest absolute Gasteiger partial charge is 0.259 e. The molecule has 2 heterocycles. The van der Waals surface area contributed by atoms with Gasteiger partial charge in [-0.25, -0.2) is 0 Å². The average molecular weight is 600 g/mol. The van der Waals surface area contributed by atoms with Crippen LogP contribution in [0.15, 0.2) is 93.3 Å². The molecule has 3 aromatic carbocycles. The van der Waals surface area contributed by atoms with Crippen molar-refractivity contribution in [1.82, 2.24) is 19.2 Å². The first kappa shape index (κ1) is 25.8. The number of rotatable bonds is 7. The minimum Gasteiger partial charge on any atom is -0.293 e. The minimum absolute atomic E-state index is 0.00882. The van der Waals surface area contributed by atoms with E-state index in [1.165, 1.54) is 17.3 Å². The molecule has 6 rings (SSSR count). The van der Waals surface area contributed by atoms with Crippen molar-refractivity contribution in [3.63, 3.8) is 0 Å². The topological polar surface area (TPSA) is 69.3 Å². The number of benzene rings is 3. The van der Waals surface area contributed by atoms with Gasteiger partial charge in [0.2, 0.25) is 5.78 Å². The number of hydrogen-bond donors (Lipinski definition) is 0. The van der Waals surface area contributed by atoms with Crippen LogP contribution in [0.3, 0.4) is 0 Å². The summed E-state index contributed by atoms with van der Waals surface area (Å²) in [5, 5.41) is 9.66. The molecule has 39 heavy (non-hydrogen) atoms. The highest BCUT2D eigenvalue weighted by Crippen LogP contribution is 2.44. The number of Topliss-reactive ketones (excluding diaryl/α,β-unsaturated/α-hetero) is 1. The van der Waals surface area contributed by atoms with E-state index in [1.54, 1.807) is 4.57 Å². The van der Waals surface area contributed by atoms with Crippen LogP contribution in [0.2, 0.25) is 0 Å². The van der Waals surface area contributed by atoms with Crippen LogP contribution in [0.5, 0.6) is 0 Å². The van der Waals surface area contributed by atoms with Crippen LogP contribution in [0, 0.1) is 0 Å². The lowest BCUT2D eigenvalue weighted by Gasteiger charge is -2.36. The van der Waals surface area contributed by atoms with Crippen molar-refractivity contribution in [3.8, 4) is 11.3 Å². The number of fused-ring (bicyclic) bond motifs is 5. The first-order chi connectivity index (χ1) is 18.9. The predicted molar refractivity (Wildman–Crippen MR) is 159 cm³/mol. The maximum Gasteiger partial charge on any atom is 0.259 e. The number of hydrogen-bond acceptors (Lipinski definition) is 5. The maximum atomic E-state index is 14.3. The Morgan fingerprint density at radius 3 is 2.46 bits per heavy atom. The quantitative estimate of drug-likeness (QED) is 0.156. The second-order valence-corrected chi connectivity index (χ2v) is 12.0. The summed E-state index contributed by atoms with van der Waals surface area (Å²) in [6.07, 6.45) is 1.60. The molecular formula is C31H27BrN4O2S. The molecule has 6 nitrogen and oxygen atoms in total. The summed E-state index contributed by atoms with van der Waals surface area (Å²) in [5.74, 6) is 0.702. The molecule has 0 saturated carbocycles. The van der Waals surface area contributed by atoms with Gasteiger partial charge < -0.3 is 0 Å². The standard InChI is InChI=1S/C31H27BrN4O2S/c1-3-31(2)17-22-11-7-8-12-24(22)27-26(31)28(38)35(18-20-9-5-4-6-10-20)29-33-34-30(36(27)29)39-19-25(37)21-13-15-23(32)16-14-21/h4-16H,3,17-19H2,1-2H3/t31-/m1/s1. The third-order valence-corrected chi connectivity index (χ3v) is 9.15. The Morgan fingerprint density at radius 2 is 1.72 bits per heavy atom. The van der Waals surface area contributed by atoms with Gasteiger partial charge in [-0.1, -0.05) is 108 Å². The van der Waals surface area contributed by atoms with E-state index in [0.717, 1.165) is 39.7 Å². The van der Waals surface area contributed by atoms with Gasteiger partial charge in [-0.3, -0.25) is 18.6 Å². The maximum absolute atomic E-state index is 14.3. The molecule has 8 heteroatoms. The van der Waals surface area contributed by atoms with Crippen LogP contribution in [-0.4, -0.2) is 30.7 Å². The van der Waals surface area contributed by atoms with Crippen molar-refractivity contribution in [1.29, 1.82) is 0 Å². The molecule has 0 bridgehead atoms. The van der Waals surface area contributed by atoms with Crippen LogP contribution in [0.4, 0.5) is 0 Å². The second-order valence-electron chi connectivity index (χ2n) is 10.2. The van der Waals surface area contributed by atoms with Gasteiger partial charge in [0.1, 0.15) is 0 Å². The Bertz CT molecular complexity index is 1760. The van der Waals surface area contributed by atoms with E-state index in [1.807, 2.05) is 71.1 Å². The summed E-state index contributed by atoms with van der Waals surface area (Å²) >= 11 is 4.78. The van der Waals surface area contributed by atoms with E-state index in [-0.39, 0.29) is 22.5 Å². The van der Waals surface area contributed by atoms with E-state index in [4.69, 9.17) is 0 Å². The van der Waals surface area contributed by atoms with Gasteiger partial charge in [0.25, 0.3) is 5.56 Å². The molecule has 1 aliphatic rings. The molecule has 2 aromatic heterocycles. The summed E-state index contributed by atoms with van der Waals surface area (Å²) in [5.41, 5.74) is 5.12. The highest BCUT2D eigenvalue weighted by molar-refractivity contribution is 9.10. The lowest BCUT2D eigenvalue weighted by Crippen LogP contribution is -2.40. The number of halogens is 1. The highest BCUT2D eigenvalue weighted by atomic mass is 79.9. The van der Waals surface area contributed by atoms with Gasteiger partial charge in [0, 0.05) is 26.6 Å². The third-order valence-electron chi connectivity index (χ3n) is 7.70. The van der Waals surface area contributed by atoms with Crippen molar-refractivity contribution in [2.75, 3.05) is 5.75 Å². The van der Waals surface area contributed by atoms with Crippen molar-refractivity contribution in [2.45, 2.75) is 43.8 Å². The van der Waals surface area contributed by atoms with Crippen LogP contribution >= 0.6 is 27.7 Å². The summed E-state index contributed by atoms with van der Waals surface area (Å²) in [4.78, 5) is 27.4. The van der Waals surface area contributed by atoms with Gasteiger partial charge in [0.05, 0.1) is 18.0 Å². The van der Waals surface area contributed by atoms with E-state index in [9.17, 15) is 9.59 Å². The zero-order chi connectivity index (χ0) is 27.1. The molecule has 196 valence electrons. The van der Waals surface area contributed by atoms with Crippen molar-refractivity contribution in [2.24, 2.45) is 0 Å². The molecule has 0 N–H and O–H groups in total. The summed E-state index contributed by atoms with van der Waals surface area (Å²) in [7, 11) is 0. The molecule has 0 amide bonds. The van der Waals surface area contributed by atoms with Gasteiger partial charge in [-0.2, -0.15) is 0 Å². The molecule has 0 aliphatic heterocycles. The van der Waals surface area contributed by atoms with Crippen LogP contribution < -0.4 is 5.56 Å². The lowest BCUT2D eigenvalue weighted by molar-refractivity contribution is 0.102. The van der Waals surface area contributed by atoms with Gasteiger partial charge in [-0.05, 0) is 36.1 Å². The van der Waals surface area contributed by atoms with Crippen LogP contribution in [0.25, 0.3) is 17.0 Å². The monoisotopic (exact) mass is 598 g/mol. The van der Waals surface area contributed by atoms with E-state index >= 15 is 0 Å². The number of nitrogens with zero attached hydrogens (tertiary/aromatic N) is 4. The second kappa shape index (κ2) is 10.2. The SMILES string of the molecule is CC[C@]1(C)Cc2ccccc2-c2c1c(=O)n(Cc1ccccc1)c1nnc(SCC(=O)c3ccc(Br)cc3)n21. The summed E-state index contributed by atoms with van der Waals surface area (Å²) in [6, 6.07) is 25.6. The first-order valence-corrected chi connectivity index (χ1v) is 14.7. The molecule has 0 fully saturated rings. The van der Waals surface area contributed by atoms with Crippen molar-refractivity contribution < 1.29 is 4.79 Å². The Hall–Kier alpha value is -3.49. The molecule has 5 aromatic rings. The van der Waals surface area contributed by atoms with Gasteiger partial charge >= 0.3 is 0 Å². The fourth-order valence-corrected chi connectivity index (χ4v) is 6.53. The number of carbonyl (C=O) groups excluding carboxylic acids is 1. The van der Waals surface area contributed by atoms with E-state index in [2.05, 4.69) is 52.1 Å². The number of aromatic nitrogens is 4. The molecule has 1 atom stereocenters. The summed E-state index contributed by atoms with van der Waals surface area (Å²) in [6.45, 7) is 4.70. The van der Waals surface area contributed by atoms with E-state index < -0.39 is 0 Å². The zero-order valence-electron chi connectivity index (χ0n) is 21.7. The Kier molecular flexibility index (Phi) is 6.77. The fraction of sp³-hybridized carbons (Fsp3) is 0.226. The Morgan fingerprint density at radius 1 is 1.00 bits per heavy atom. The average Bonchev–Trinajstić information content (AvgIpc) is 3.38. The summed E-state index contributed by atoms with van der Waals surface area (Å²) < 4.78 is 4.67. The largest absolute Gasteiger partial charge is 0.293 e. The molecule has 0 radical (unpaired) electrons. The normalized spacial score (nSPS) is 16.2. The van der Waals surface area contributed by atoms with Crippen LogP contribution in [0.1, 0.15) is 47.3 Å². The Balaban J connectivity index is 1.55. The highest BCUT2D eigenvalue weighted by Gasteiger charge is 2.39. The van der Waals surface area contributed by atoms with Gasteiger partial charge in [0.15, 0.2) is 10.9 Å². The fourth-order valence-electron chi connectivity index (χ4n) is 5.44. The lowest BCUT2D eigenvalue weighted by atomic mass is 9.69. The minimum atomic E-state index is -0.354. The van der Waals surface area contributed by atoms with Gasteiger partial charge in [-0.15, -0.1) is 10.2 Å². The number of ketones is 1. The molecule has 1 aliphatic carbocycles. The zero-order valence-corrected chi connectivity index (χ0v) is 24.1. The predicted octanol–water partition coefficient (Wildman–Crippen LogP) is 6.57. The Labute approximate surface area is 239 Å². The van der Waals surface area contributed by atoms with Crippen molar-refractivity contribution in [3.05, 3.63) is 116 Å². The third kappa shape index (κ3) is 4.55. The molecule has 0 unspecified atom stereocenters. The molecule has 0 saturated heterocycles. The van der Waals surface area contributed by atoms with Crippen LogP contribution in [-0.2, 0) is 18.4 Å². The number of carbonyl (C=O) groups is 1. The number of thioether (sulfide) groups is 1.